The maximum Gasteiger partial charge on any atom is 0.317 e. The first-order valence-electron chi connectivity index (χ1n) is 9.20. The zero-order chi connectivity index (χ0) is 17.9. The summed E-state index contributed by atoms with van der Waals surface area (Å²) in [6, 6.07) is 17.1. The number of rotatable bonds is 4. The summed E-state index contributed by atoms with van der Waals surface area (Å²) >= 11 is 0. The Balaban J connectivity index is 1.62. The van der Waals surface area contributed by atoms with Gasteiger partial charge in [0, 0.05) is 24.5 Å². The number of aliphatic carboxylic acids is 1. The minimum Gasteiger partial charge on any atom is -0.480 e. The third-order valence-electron chi connectivity index (χ3n) is 5.20. The number of ether oxygens (including phenoxy) is 1. The number of para-hydroxylation sites is 2. The van der Waals surface area contributed by atoms with Crippen molar-refractivity contribution in [1.29, 1.82) is 0 Å². The van der Waals surface area contributed by atoms with Gasteiger partial charge in [0.2, 0.25) is 0 Å². The van der Waals surface area contributed by atoms with Gasteiger partial charge in [-0.25, -0.2) is 0 Å². The van der Waals surface area contributed by atoms with Crippen LogP contribution in [0.1, 0.15) is 11.1 Å². The molecule has 2 aliphatic rings. The van der Waals surface area contributed by atoms with Crippen LogP contribution in [-0.2, 0) is 22.4 Å². The van der Waals surface area contributed by atoms with Crippen molar-refractivity contribution < 1.29 is 14.6 Å². The standard InChI is InChI=1S/C21H24N2O3/c24-21(25)15-22-11-12-26-18(13-22)14-23-19-7-3-1-5-16(19)9-10-17-6-2-4-8-20(17)23/h1-8,18H,9-15H2,(H,24,25). The van der Waals surface area contributed by atoms with Crippen LogP contribution in [0.4, 0.5) is 11.4 Å². The molecule has 5 heteroatoms. The molecule has 136 valence electrons. The second-order valence-corrected chi connectivity index (χ2v) is 6.99. The fourth-order valence-corrected chi connectivity index (χ4v) is 4.00. The average molecular weight is 352 g/mol. The summed E-state index contributed by atoms with van der Waals surface area (Å²) in [5.74, 6) is -0.781. The lowest BCUT2D eigenvalue weighted by Gasteiger charge is -2.36. The molecule has 0 aliphatic carbocycles. The van der Waals surface area contributed by atoms with Crippen LogP contribution in [0.3, 0.4) is 0 Å². The zero-order valence-electron chi connectivity index (χ0n) is 14.8. The normalized spacial score (nSPS) is 20.2. The van der Waals surface area contributed by atoms with Crippen molar-refractivity contribution in [1.82, 2.24) is 4.90 Å². The van der Waals surface area contributed by atoms with Crippen molar-refractivity contribution in [3.63, 3.8) is 0 Å². The molecule has 0 aromatic heterocycles. The van der Waals surface area contributed by atoms with E-state index in [-0.39, 0.29) is 12.6 Å². The fraction of sp³-hybridized carbons (Fsp3) is 0.381. The van der Waals surface area contributed by atoms with Gasteiger partial charge in [-0.2, -0.15) is 0 Å². The molecule has 1 saturated heterocycles. The lowest BCUT2D eigenvalue weighted by molar-refractivity contribution is -0.140. The third-order valence-corrected chi connectivity index (χ3v) is 5.20. The van der Waals surface area contributed by atoms with E-state index in [1.807, 2.05) is 4.90 Å². The molecule has 2 aliphatic heterocycles. The number of nitrogens with zero attached hydrogens (tertiary/aromatic N) is 2. The van der Waals surface area contributed by atoms with E-state index in [1.165, 1.54) is 22.5 Å². The predicted molar refractivity (Wildman–Crippen MR) is 101 cm³/mol. The molecule has 1 fully saturated rings. The number of anilines is 2. The minimum atomic E-state index is -0.781. The largest absolute Gasteiger partial charge is 0.480 e. The van der Waals surface area contributed by atoms with Crippen LogP contribution in [0.25, 0.3) is 0 Å². The third kappa shape index (κ3) is 3.59. The van der Waals surface area contributed by atoms with Crippen molar-refractivity contribution in [3.05, 3.63) is 59.7 Å². The van der Waals surface area contributed by atoms with E-state index < -0.39 is 5.97 Å². The van der Waals surface area contributed by atoms with Crippen LogP contribution < -0.4 is 4.90 Å². The van der Waals surface area contributed by atoms with Crippen molar-refractivity contribution in [3.8, 4) is 0 Å². The lowest BCUT2D eigenvalue weighted by Crippen LogP contribution is -2.48. The number of fused-ring (bicyclic) bond motifs is 2. The van der Waals surface area contributed by atoms with Crippen molar-refractivity contribution in [2.24, 2.45) is 0 Å². The van der Waals surface area contributed by atoms with Gasteiger partial charge in [0.15, 0.2) is 0 Å². The molecule has 26 heavy (non-hydrogen) atoms. The molecule has 0 spiro atoms. The number of hydrogen-bond acceptors (Lipinski definition) is 4. The number of carbonyl (C=O) groups is 1. The Hall–Kier alpha value is -2.37. The van der Waals surface area contributed by atoms with Crippen LogP contribution in [0.2, 0.25) is 0 Å². The van der Waals surface area contributed by atoms with Gasteiger partial charge in [-0.15, -0.1) is 0 Å². The number of carboxylic acid groups (broad SMARTS) is 1. The topological polar surface area (TPSA) is 53.0 Å². The summed E-state index contributed by atoms with van der Waals surface area (Å²) in [6.07, 6.45) is 2.04. The van der Waals surface area contributed by atoms with Gasteiger partial charge in [-0.3, -0.25) is 9.69 Å². The molecule has 5 nitrogen and oxygen atoms in total. The molecule has 2 heterocycles. The molecule has 0 saturated carbocycles. The zero-order valence-corrected chi connectivity index (χ0v) is 14.8. The van der Waals surface area contributed by atoms with Crippen LogP contribution in [-0.4, -0.2) is 54.9 Å². The molecule has 2 aromatic carbocycles. The Morgan fingerprint density at radius 3 is 2.27 bits per heavy atom. The van der Waals surface area contributed by atoms with Gasteiger partial charge >= 0.3 is 5.97 Å². The van der Waals surface area contributed by atoms with E-state index in [9.17, 15) is 4.79 Å². The second-order valence-electron chi connectivity index (χ2n) is 6.99. The van der Waals surface area contributed by atoms with Gasteiger partial charge in [0.05, 0.1) is 25.8 Å². The maximum absolute atomic E-state index is 11.0. The number of benzene rings is 2. The molecule has 1 unspecified atom stereocenters. The Morgan fingerprint density at radius 2 is 1.65 bits per heavy atom. The molecule has 4 rings (SSSR count). The molecular weight excluding hydrogens is 328 g/mol. The molecule has 0 bridgehead atoms. The first kappa shape index (κ1) is 17.1. The number of hydrogen-bond donors (Lipinski definition) is 1. The quantitative estimate of drug-likeness (QED) is 0.917. The summed E-state index contributed by atoms with van der Waals surface area (Å²) < 4.78 is 5.99. The summed E-state index contributed by atoms with van der Waals surface area (Å²) in [6.45, 7) is 2.70. The van der Waals surface area contributed by atoms with Gasteiger partial charge < -0.3 is 14.7 Å². The lowest BCUT2D eigenvalue weighted by atomic mass is 10.0. The second kappa shape index (κ2) is 7.48. The molecule has 1 atom stereocenters. The number of aryl methyl sites for hydroxylation is 2. The molecule has 0 amide bonds. The summed E-state index contributed by atoms with van der Waals surface area (Å²) in [5.41, 5.74) is 5.16. The van der Waals surface area contributed by atoms with Crippen molar-refractivity contribution >= 4 is 17.3 Å². The van der Waals surface area contributed by atoms with Crippen molar-refractivity contribution in [2.45, 2.75) is 18.9 Å². The van der Waals surface area contributed by atoms with Gasteiger partial charge in [-0.1, -0.05) is 36.4 Å². The molecular formula is C21H24N2O3. The molecule has 2 aromatic rings. The summed E-state index contributed by atoms with van der Waals surface area (Å²) in [4.78, 5) is 15.4. The Labute approximate surface area is 153 Å². The van der Waals surface area contributed by atoms with E-state index >= 15 is 0 Å². The van der Waals surface area contributed by atoms with Gasteiger partial charge in [0.1, 0.15) is 0 Å². The highest BCUT2D eigenvalue weighted by molar-refractivity contribution is 5.71. The Bertz CT molecular complexity index is 745. The highest BCUT2D eigenvalue weighted by atomic mass is 16.5. The van der Waals surface area contributed by atoms with E-state index in [2.05, 4.69) is 53.4 Å². The van der Waals surface area contributed by atoms with Crippen LogP contribution in [0, 0.1) is 0 Å². The van der Waals surface area contributed by atoms with Crippen LogP contribution in [0.15, 0.2) is 48.5 Å². The van der Waals surface area contributed by atoms with E-state index in [0.29, 0.717) is 19.7 Å². The smallest absolute Gasteiger partial charge is 0.317 e. The van der Waals surface area contributed by atoms with Gasteiger partial charge in [-0.05, 0) is 36.1 Å². The Kier molecular flexibility index (Phi) is 4.91. The number of morpholine rings is 1. The monoisotopic (exact) mass is 352 g/mol. The van der Waals surface area contributed by atoms with Crippen LogP contribution >= 0.6 is 0 Å². The first-order chi connectivity index (χ1) is 12.7. The van der Waals surface area contributed by atoms with Crippen molar-refractivity contribution in [2.75, 3.05) is 37.7 Å². The summed E-state index contributed by atoms with van der Waals surface area (Å²) in [7, 11) is 0. The highest BCUT2D eigenvalue weighted by Gasteiger charge is 2.27. The highest BCUT2D eigenvalue weighted by Crippen LogP contribution is 2.36. The number of carboxylic acids is 1. The van der Waals surface area contributed by atoms with E-state index in [4.69, 9.17) is 9.84 Å². The predicted octanol–water partition coefficient (Wildman–Crippen LogP) is 2.71. The molecule has 0 radical (unpaired) electrons. The summed E-state index contributed by atoms with van der Waals surface area (Å²) in [5, 5.41) is 9.08. The first-order valence-corrected chi connectivity index (χ1v) is 9.20. The Morgan fingerprint density at radius 1 is 1.04 bits per heavy atom. The minimum absolute atomic E-state index is 0.0117. The SMILES string of the molecule is O=C(O)CN1CCOC(CN2c3ccccc3CCc3ccccc32)C1. The van der Waals surface area contributed by atoms with Crippen LogP contribution in [0.5, 0.6) is 0 Å². The van der Waals surface area contributed by atoms with Gasteiger partial charge in [0.25, 0.3) is 0 Å². The average Bonchev–Trinajstić information content (AvgIpc) is 2.80. The molecule has 1 N–H and O–H groups in total. The fourth-order valence-electron chi connectivity index (χ4n) is 4.00. The van der Waals surface area contributed by atoms with E-state index in [0.717, 1.165) is 19.4 Å². The maximum atomic E-state index is 11.0. The van der Waals surface area contributed by atoms with E-state index in [1.54, 1.807) is 0 Å².